The molecule has 5 aliphatic heterocycles. The van der Waals surface area contributed by atoms with E-state index in [-0.39, 0.29) is 58.8 Å². The zero-order valence-corrected chi connectivity index (χ0v) is 50.2. The summed E-state index contributed by atoms with van der Waals surface area (Å²) in [6, 6.07) is 14.7. The lowest BCUT2D eigenvalue weighted by atomic mass is 9.55. The van der Waals surface area contributed by atoms with Crippen LogP contribution < -0.4 is 36.5 Å². The van der Waals surface area contributed by atoms with Gasteiger partial charge >= 0.3 is 5.97 Å². The van der Waals surface area contributed by atoms with Gasteiger partial charge in [-0.05, 0) is 141 Å². The number of pyridine rings is 1. The number of H-pyrrole nitrogens is 1. The average molecular weight is 1190 g/mol. The Labute approximate surface area is 514 Å². The molecule has 6 fully saturated rings. The number of nitrogens with zero attached hydrogens (tertiary/aromatic N) is 3. The molecule has 5 aromatic rings. The van der Waals surface area contributed by atoms with Crippen molar-refractivity contribution in [1.82, 2.24) is 35.8 Å². The van der Waals surface area contributed by atoms with Crippen molar-refractivity contribution in [3.8, 4) is 52.4 Å². The molecule has 1 spiro atoms. The standard InChI is InChI=1S/C70H83N9O9/c1-42(80)86-58-35-57(48-33-55(82)63(83)60(34-48)85-30-22-43-9-8-27-72-38-43)88-64-50(58)17-15-49-16-18-51-56-13-7-26-70(51)62(66(84)76-52-12-3-2-10-46(52)11-6-25-69(49,64)37-44-14-19-54(81)59(31-44)87-56)65(79-39-47-21-29-73-53(47)40-79)77-67(78-70)75-41-68(23-4-5-24-68)36-45-20-28-74-61(71)32-45/h8-9,14,19-21,27,29,31-34,38-40,46,49-52,56-58,62,64-66,73-74,76,81-84H,2-5,7,10,12-13,15,17,22-26,28,30,35-37,41,71H2,1H3,(H2,75,77,78)/t46-,49+,50+,51+,52+,56-,57+,58+,62-,64-,65-,66-,69+,70-/m1/s1. The number of carbonyl (C=O) groups is 1. The third-order valence-corrected chi connectivity index (χ3v) is 21.4. The Morgan fingerprint density at radius 2 is 1.85 bits per heavy atom. The van der Waals surface area contributed by atoms with Crippen LogP contribution in [-0.4, -0.2) is 103 Å². The van der Waals surface area contributed by atoms with Crippen molar-refractivity contribution in [2.45, 2.75) is 171 Å². The Morgan fingerprint density at radius 3 is 2.69 bits per heavy atom. The molecule has 3 aromatic heterocycles. The van der Waals surface area contributed by atoms with Crippen molar-refractivity contribution >= 4 is 22.8 Å². The summed E-state index contributed by atoms with van der Waals surface area (Å²) in [7, 11) is 0. The normalized spacial score (nSPS) is 33.4. The van der Waals surface area contributed by atoms with Crippen LogP contribution in [0.4, 0.5) is 0 Å². The molecule has 2 saturated heterocycles. The lowest BCUT2D eigenvalue weighted by Crippen LogP contribution is -2.75. The number of ether oxygens (including phenoxy) is 4. The molecule has 0 unspecified atom stereocenters. The lowest BCUT2D eigenvalue weighted by Gasteiger charge is -2.57. The van der Waals surface area contributed by atoms with Gasteiger partial charge in [0.15, 0.2) is 29.0 Å². The van der Waals surface area contributed by atoms with Gasteiger partial charge in [-0.3, -0.25) is 20.1 Å². The fraction of sp³-hybridized carbons (Fsp3) is 0.529. The van der Waals surface area contributed by atoms with E-state index >= 15 is 0 Å². The molecule has 14 atom stereocenters. The van der Waals surface area contributed by atoms with Crippen LogP contribution in [0.5, 0.6) is 28.7 Å². The van der Waals surface area contributed by atoms with E-state index in [0.29, 0.717) is 87.5 Å². The van der Waals surface area contributed by atoms with Gasteiger partial charge in [-0.25, -0.2) is 0 Å². The summed E-state index contributed by atoms with van der Waals surface area (Å²) in [5.74, 6) is 14.6. The van der Waals surface area contributed by atoms with Gasteiger partial charge in [-0.1, -0.05) is 61.7 Å². The molecule has 18 nitrogen and oxygen atoms in total. The first-order valence-corrected chi connectivity index (χ1v) is 32.3. The molecule has 8 heterocycles. The first-order chi connectivity index (χ1) is 42.8. The molecule has 4 saturated carbocycles. The number of phenolic OH excluding ortho intramolecular Hbond substituents is 3. The largest absolute Gasteiger partial charge is 0.504 e. The van der Waals surface area contributed by atoms with E-state index in [0.717, 1.165) is 86.2 Å². The fourth-order valence-electron chi connectivity index (χ4n) is 17.2. The van der Waals surface area contributed by atoms with Gasteiger partial charge in [-0.15, -0.1) is 5.92 Å². The van der Waals surface area contributed by atoms with Crippen molar-refractivity contribution in [2.24, 2.45) is 51.1 Å². The number of aliphatic hydroxyl groups excluding tert-OH is 1. The van der Waals surface area contributed by atoms with Crippen LogP contribution >= 0.6 is 0 Å². The number of esters is 1. The highest BCUT2D eigenvalue weighted by Gasteiger charge is 2.61. The molecule has 462 valence electrons. The second kappa shape index (κ2) is 24.0. The van der Waals surface area contributed by atoms with Crippen LogP contribution in [0.25, 0.3) is 10.9 Å². The van der Waals surface area contributed by atoms with Crippen molar-refractivity contribution < 1.29 is 44.2 Å². The highest BCUT2D eigenvalue weighted by molar-refractivity contribution is 5.83. The maximum absolute atomic E-state index is 13.6. The maximum Gasteiger partial charge on any atom is 0.302 e. The number of aromatic nitrogens is 3. The van der Waals surface area contributed by atoms with Gasteiger partial charge in [0.25, 0.3) is 0 Å². The maximum atomic E-state index is 13.6. The van der Waals surface area contributed by atoms with E-state index in [4.69, 9.17) is 29.7 Å². The quantitative estimate of drug-likeness (QED) is 0.0337. The number of fused-ring (bicyclic) bond motifs is 5. The van der Waals surface area contributed by atoms with E-state index in [1.807, 2.05) is 30.5 Å². The summed E-state index contributed by atoms with van der Waals surface area (Å²) in [6.45, 7) is 2.93. The number of benzene rings is 2. The predicted octanol–water partition coefficient (Wildman–Crippen LogP) is 8.94. The Balaban J connectivity index is 0.924. The summed E-state index contributed by atoms with van der Waals surface area (Å²) >= 11 is 0. The topological polar surface area (TPSA) is 255 Å². The number of nitrogens with two attached hydrogens (primary N) is 1. The first kappa shape index (κ1) is 57.9. The van der Waals surface area contributed by atoms with Crippen LogP contribution in [0.15, 0.2) is 108 Å². The summed E-state index contributed by atoms with van der Waals surface area (Å²) in [4.78, 5) is 26.7. The predicted molar refractivity (Wildman–Crippen MR) is 332 cm³/mol. The molecule has 9 aliphatic rings. The fourth-order valence-corrected chi connectivity index (χ4v) is 17.2. The van der Waals surface area contributed by atoms with Crippen LogP contribution in [0.2, 0.25) is 0 Å². The van der Waals surface area contributed by atoms with Crippen LogP contribution in [0.3, 0.4) is 0 Å². The minimum Gasteiger partial charge on any atom is -0.504 e. The van der Waals surface area contributed by atoms with E-state index in [1.54, 1.807) is 24.5 Å². The highest BCUT2D eigenvalue weighted by atomic mass is 16.6. The number of aliphatic imine (C=N–C) groups is 1. The summed E-state index contributed by atoms with van der Waals surface area (Å²) in [6.07, 6.45) is 23.8. The number of hydrogen-bond donors (Lipinski definition) is 10. The first-order valence-electron chi connectivity index (χ1n) is 32.3. The number of aliphatic hydroxyl groups is 1. The Hall–Kier alpha value is -7.77. The minimum atomic E-state index is -1.06. The van der Waals surface area contributed by atoms with Gasteiger partial charge in [0.05, 0.1) is 47.5 Å². The average Bonchev–Trinajstić information content (AvgIpc) is 0.890. The number of phenols is 3. The molecule has 0 radical (unpaired) electrons. The van der Waals surface area contributed by atoms with E-state index in [9.17, 15) is 25.2 Å². The second-order valence-corrected chi connectivity index (χ2v) is 26.8. The van der Waals surface area contributed by atoms with Crippen molar-refractivity contribution in [3.05, 3.63) is 120 Å². The molecule has 2 aromatic carbocycles. The molecule has 11 N–H and O–H groups in total. The van der Waals surface area contributed by atoms with Gasteiger partial charge in [0.1, 0.15) is 24.6 Å². The molecule has 14 rings (SSSR count). The number of allylic oxidation sites excluding steroid dienone is 2. The second-order valence-electron chi connectivity index (χ2n) is 26.8. The number of rotatable bonds is 11. The zero-order chi connectivity index (χ0) is 60.2. The smallest absolute Gasteiger partial charge is 0.302 e. The highest BCUT2D eigenvalue weighted by Crippen LogP contribution is 2.58. The molecule has 4 bridgehead atoms. The van der Waals surface area contributed by atoms with Crippen LogP contribution in [0.1, 0.15) is 139 Å². The number of hydrogen-bond acceptors (Lipinski definition) is 14. The number of nitrogens with one attached hydrogen (secondary N) is 5. The Morgan fingerprint density at radius 1 is 0.966 bits per heavy atom. The summed E-state index contributed by atoms with van der Waals surface area (Å²) in [5.41, 5.74) is 9.08. The van der Waals surface area contributed by atoms with E-state index in [1.165, 1.54) is 18.6 Å². The van der Waals surface area contributed by atoms with Gasteiger partial charge in [0, 0.05) is 105 Å². The van der Waals surface area contributed by atoms with E-state index < -0.39 is 65.6 Å². The van der Waals surface area contributed by atoms with Crippen molar-refractivity contribution in [3.63, 3.8) is 0 Å². The minimum absolute atomic E-state index is 0.0131. The molecule has 0 amide bonds. The monoisotopic (exact) mass is 1190 g/mol. The van der Waals surface area contributed by atoms with Crippen LogP contribution in [-0.2, 0) is 27.1 Å². The molecular formula is C70H83N9O9. The van der Waals surface area contributed by atoms with Crippen molar-refractivity contribution in [2.75, 3.05) is 19.7 Å². The van der Waals surface area contributed by atoms with Crippen molar-refractivity contribution in [1.29, 1.82) is 0 Å². The lowest BCUT2D eigenvalue weighted by molar-refractivity contribution is -0.219. The Kier molecular flexibility index (Phi) is 15.8. The third kappa shape index (κ3) is 11.2. The number of dihydropyridines is 1. The molecular weight excluding hydrogens is 1110 g/mol. The SMILES string of the molecule is CC(=O)O[C@H]1C[C@@H](c2cc(O)c(O)c(OCCc3cccnc3)c2)O[C@@H]2[C@H]1CC[C@H]1C#C[C@H]3[C@H]4CCC[C@@]35NC(=NCC3(CC6=CCNC(N)=C6)CCCC3)N[C@H](n3cc6cc[nH]c6c3)[C@@H]5[C@@H](O)N[C@H]3CCCC[C@@H]3C#CC[C@]12Cc1ccc(O)c(c1)O4. The summed E-state index contributed by atoms with van der Waals surface area (Å²) < 4.78 is 29.8. The van der Waals surface area contributed by atoms with E-state index in [2.05, 4.69) is 90.1 Å². The number of aromatic hydroxyl groups is 3. The summed E-state index contributed by atoms with van der Waals surface area (Å²) in [5, 5.41) is 64.5. The molecule has 88 heavy (non-hydrogen) atoms. The molecule has 4 aliphatic carbocycles. The number of aromatic amines is 1. The van der Waals surface area contributed by atoms with Gasteiger partial charge in [-0.2, -0.15) is 0 Å². The number of guanidine groups is 1. The Bertz CT molecular complexity index is 3610. The third-order valence-electron chi connectivity index (χ3n) is 21.4. The van der Waals surface area contributed by atoms with Gasteiger partial charge in [0.2, 0.25) is 5.75 Å². The number of carbonyl (C=O) groups excluding carboxylic acids is 1. The molecule has 18 heteroatoms. The van der Waals surface area contributed by atoms with Crippen LogP contribution in [0, 0.1) is 64.1 Å². The zero-order valence-electron chi connectivity index (χ0n) is 50.2. The van der Waals surface area contributed by atoms with Gasteiger partial charge < -0.3 is 70.6 Å².